The Kier molecular flexibility index (Phi) is 2.68. The largest absolute Gasteiger partial charge is 0.355 e. The molecule has 0 bridgehead atoms. The third-order valence-corrected chi connectivity index (χ3v) is 5.66. The highest BCUT2D eigenvalue weighted by Crippen LogP contribution is 2.59. The molecular weight excluding hydrogens is 248 g/mol. The van der Waals surface area contributed by atoms with E-state index in [0.29, 0.717) is 18.4 Å². The van der Waals surface area contributed by atoms with Gasteiger partial charge in [-0.1, -0.05) is 24.3 Å². The van der Waals surface area contributed by atoms with Gasteiger partial charge in [-0.15, -0.1) is 0 Å². The molecule has 0 radical (unpaired) electrons. The van der Waals surface area contributed by atoms with E-state index in [4.69, 9.17) is 5.73 Å². The minimum Gasteiger partial charge on any atom is -0.355 e. The zero-order valence-corrected chi connectivity index (χ0v) is 11.8. The van der Waals surface area contributed by atoms with Crippen LogP contribution in [0.4, 0.5) is 0 Å². The molecule has 1 amide bonds. The summed E-state index contributed by atoms with van der Waals surface area (Å²) < 4.78 is 0. The summed E-state index contributed by atoms with van der Waals surface area (Å²) in [6.45, 7) is 1.48. The van der Waals surface area contributed by atoms with Gasteiger partial charge in [0, 0.05) is 12.5 Å². The first kappa shape index (κ1) is 12.4. The third-order valence-electron chi connectivity index (χ3n) is 5.66. The molecule has 3 atom stereocenters. The fraction of sp³-hybridized carbons (Fsp3) is 0.588. The first-order chi connectivity index (χ1) is 9.74. The molecule has 3 heteroatoms. The SMILES string of the molecule is NCC1(CNC(=O)C2C3CCc4ccccc4C32)CC1. The summed E-state index contributed by atoms with van der Waals surface area (Å²) in [4.78, 5) is 12.4. The highest BCUT2D eigenvalue weighted by molar-refractivity contribution is 5.84. The Morgan fingerprint density at radius 2 is 2.15 bits per heavy atom. The highest BCUT2D eigenvalue weighted by atomic mass is 16.2. The van der Waals surface area contributed by atoms with Gasteiger partial charge in [-0.05, 0) is 60.6 Å². The Labute approximate surface area is 119 Å². The highest BCUT2D eigenvalue weighted by Gasteiger charge is 2.57. The van der Waals surface area contributed by atoms with Gasteiger partial charge in [0.05, 0.1) is 0 Å². The van der Waals surface area contributed by atoms with Crippen LogP contribution < -0.4 is 11.1 Å². The van der Waals surface area contributed by atoms with Crippen LogP contribution in [0.15, 0.2) is 24.3 Å². The minimum atomic E-state index is 0.215. The van der Waals surface area contributed by atoms with E-state index in [-0.39, 0.29) is 17.2 Å². The van der Waals surface area contributed by atoms with Gasteiger partial charge >= 0.3 is 0 Å². The lowest BCUT2D eigenvalue weighted by Crippen LogP contribution is -2.35. The number of fused-ring (bicyclic) bond motifs is 3. The molecule has 0 saturated heterocycles. The van der Waals surface area contributed by atoms with Crippen molar-refractivity contribution in [1.82, 2.24) is 5.32 Å². The predicted octanol–water partition coefficient (Wildman–Crippen LogP) is 1.82. The number of rotatable bonds is 4. The number of nitrogens with two attached hydrogens (primary N) is 1. The van der Waals surface area contributed by atoms with Crippen LogP contribution in [0, 0.1) is 17.3 Å². The minimum absolute atomic E-state index is 0.215. The average Bonchev–Trinajstić information content (AvgIpc) is 3.39. The van der Waals surface area contributed by atoms with Crippen LogP contribution in [0.5, 0.6) is 0 Å². The number of hydrogen-bond acceptors (Lipinski definition) is 2. The van der Waals surface area contributed by atoms with Crippen LogP contribution in [0.3, 0.4) is 0 Å². The molecule has 20 heavy (non-hydrogen) atoms. The van der Waals surface area contributed by atoms with E-state index in [1.165, 1.54) is 30.4 Å². The van der Waals surface area contributed by atoms with Gasteiger partial charge in [0.15, 0.2) is 0 Å². The van der Waals surface area contributed by atoms with Gasteiger partial charge in [0.1, 0.15) is 0 Å². The molecule has 0 spiro atoms. The maximum absolute atomic E-state index is 12.4. The summed E-state index contributed by atoms with van der Waals surface area (Å²) in [5.74, 6) is 1.54. The van der Waals surface area contributed by atoms with E-state index in [9.17, 15) is 4.79 Å². The topological polar surface area (TPSA) is 55.1 Å². The molecule has 0 heterocycles. The molecule has 0 aliphatic heterocycles. The maximum Gasteiger partial charge on any atom is 0.224 e. The molecule has 3 nitrogen and oxygen atoms in total. The lowest BCUT2D eigenvalue weighted by molar-refractivity contribution is -0.123. The van der Waals surface area contributed by atoms with E-state index in [1.807, 2.05) is 0 Å². The van der Waals surface area contributed by atoms with Gasteiger partial charge in [-0.3, -0.25) is 4.79 Å². The molecule has 106 valence electrons. The van der Waals surface area contributed by atoms with E-state index >= 15 is 0 Å². The smallest absolute Gasteiger partial charge is 0.224 e. The Hall–Kier alpha value is -1.35. The standard InChI is InChI=1S/C17H22N2O/c18-9-17(7-8-17)10-19-16(20)15-13-6-5-11-3-1-2-4-12(11)14(13)15/h1-4,13-15H,5-10,18H2,(H,19,20). The maximum atomic E-state index is 12.4. The van der Waals surface area contributed by atoms with Gasteiger partial charge in [-0.2, -0.15) is 0 Å². The second-order valence-corrected chi connectivity index (χ2v) is 6.87. The summed E-state index contributed by atoms with van der Waals surface area (Å²) in [6.07, 6.45) is 4.64. The molecule has 3 unspecified atom stereocenters. The summed E-state index contributed by atoms with van der Waals surface area (Å²) >= 11 is 0. The van der Waals surface area contributed by atoms with Gasteiger partial charge in [0.25, 0.3) is 0 Å². The first-order valence-corrected chi connectivity index (χ1v) is 7.80. The van der Waals surface area contributed by atoms with E-state index in [1.54, 1.807) is 0 Å². The van der Waals surface area contributed by atoms with Crippen LogP contribution in [-0.4, -0.2) is 19.0 Å². The summed E-state index contributed by atoms with van der Waals surface area (Å²) in [6, 6.07) is 8.63. The Morgan fingerprint density at radius 1 is 1.35 bits per heavy atom. The molecular formula is C17H22N2O. The Morgan fingerprint density at radius 3 is 2.90 bits per heavy atom. The molecule has 2 fully saturated rings. The molecule has 0 aromatic heterocycles. The van der Waals surface area contributed by atoms with Crippen molar-refractivity contribution in [3.8, 4) is 0 Å². The number of amides is 1. The van der Waals surface area contributed by atoms with Crippen molar-refractivity contribution in [2.45, 2.75) is 31.6 Å². The lowest BCUT2D eigenvalue weighted by Gasteiger charge is -2.13. The van der Waals surface area contributed by atoms with Gasteiger partial charge in [0.2, 0.25) is 5.91 Å². The van der Waals surface area contributed by atoms with Gasteiger partial charge < -0.3 is 11.1 Å². The summed E-state index contributed by atoms with van der Waals surface area (Å²) in [5.41, 5.74) is 8.87. The van der Waals surface area contributed by atoms with Crippen LogP contribution >= 0.6 is 0 Å². The number of carbonyl (C=O) groups excluding carboxylic acids is 1. The van der Waals surface area contributed by atoms with Crippen molar-refractivity contribution in [2.75, 3.05) is 13.1 Å². The van der Waals surface area contributed by atoms with Crippen LogP contribution in [0.2, 0.25) is 0 Å². The molecule has 3 aliphatic carbocycles. The van der Waals surface area contributed by atoms with Crippen molar-refractivity contribution in [3.63, 3.8) is 0 Å². The lowest BCUT2D eigenvalue weighted by atomic mass is 9.92. The number of hydrogen-bond donors (Lipinski definition) is 2. The van der Waals surface area contributed by atoms with Crippen molar-refractivity contribution in [2.24, 2.45) is 23.0 Å². The zero-order valence-electron chi connectivity index (χ0n) is 11.8. The average molecular weight is 270 g/mol. The van der Waals surface area contributed by atoms with Crippen molar-refractivity contribution < 1.29 is 4.79 Å². The number of aryl methyl sites for hydroxylation is 1. The fourth-order valence-electron chi connectivity index (χ4n) is 3.95. The predicted molar refractivity (Wildman–Crippen MR) is 78.2 cm³/mol. The first-order valence-electron chi connectivity index (χ1n) is 7.80. The molecule has 1 aromatic carbocycles. The zero-order chi connectivity index (χ0) is 13.7. The monoisotopic (exact) mass is 270 g/mol. The van der Waals surface area contributed by atoms with E-state index in [0.717, 1.165) is 13.0 Å². The quantitative estimate of drug-likeness (QED) is 0.877. The fourth-order valence-corrected chi connectivity index (χ4v) is 3.95. The molecule has 4 rings (SSSR count). The Balaban J connectivity index is 1.43. The molecule has 1 aromatic rings. The van der Waals surface area contributed by atoms with Gasteiger partial charge in [-0.25, -0.2) is 0 Å². The summed E-state index contributed by atoms with van der Waals surface area (Å²) in [7, 11) is 0. The molecule has 2 saturated carbocycles. The van der Waals surface area contributed by atoms with Crippen molar-refractivity contribution >= 4 is 5.91 Å². The summed E-state index contributed by atoms with van der Waals surface area (Å²) in [5, 5.41) is 3.17. The normalized spacial score (nSPS) is 31.9. The third kappa shape index (κ3) is 1.87. The number of carbonyl (C=O) groups is 1. The number of benzene rings is 1. The van der Waals surface area contributed by atoms with Crippen LogP contribution in [-0.2, 0) is 11.2 Å². The van der Waals surface area contributed by atoms with E-state index < -0.39 is 0 Å². The molecule has 3 N–H and O–H groups in total. The number of nitrogens with one attached hydrogen (secondary N) is 1. The van der Waals surface area contributed by atoms with Crippen LogP contribution in [0.25, 0.3) is 0 Å². The second kappa shape index (κ2) is 4.32. The van der Waals surface area contributed by atoms with Crippen LogP contribution in [0.1, 0.15) is 36.3 Å². The van der Waals surface area contributed by atoms with Crippen molar-refractivity contribution in [3.05, 3.63) is 35.4 Å². The molecule has 3 aliphatic rings. The van der Waals surface area contributed by atoms with Crippen molar-refractivity contribution in [1.29, 1.82) is 0 Å². The Bertz CT molecular complexity index is 550. The van der Waals surface area contributed by atoms with E-state index in [2.05, 4.69) is 29.6 Å². The second-order valence-electron chi connectivity index (χ2n) is 6.87.